The molecule has 2 aliphatic rings. The van der Waals surface area contributed by atoms with Gasteiger partial charge in [0, 0.05) is 24.2 Å². The molecule has 1 saturated heterocycles. The zero-order valence-corrected chi connectivity index (χ0v) is 20.5. The Hall–Kier alpha value is -3.03. The number of aromatic nitrogens is 1. The molecule has 0 bridgehead atoms. The SMILES string of the molecule is COc1ccc2nccc([C@@H](O)CC[C@@H]3CCN(C4CC(c5cccc(F)c5)C4)C[C@@H]3C(=O)O)c2c1. The Morgan fingerprint density at radius 2 is 2.06 bits per heavy atom. The van der Waals surface area contributed by atoms with Gasteiger partial charge in [-0.25, -0.2) is 4.39 Å². The number of benzene rings is 2. The molecular weight excluding hydrogens is 459 g/mol. The molecule has 2 N–H and O–H groups in total. The number of ether oxygens (including phenoxy) is 1. The van der Waals surface area contributed by atoms with E-state index in [1.165, 1.54) is 6.07 Å². The second-order valence-corrected chi connectivity index (χ2v) is 10.2. The van der Waals surface area contributed by atoms with Crippen molar-refractivity contribution in [2.24, 2.45) is 11.8 Å². The Morgan fingerprint density at radius 1 is 1.22 bits per heavy atom. The van der Waals surface area contributed by atoms with Crippen molar-refractivity contribution < 1.29 is 24.1 Å². The van der Waals surface area contributed by atoms with E-state index in [1.807, 2.05) is 30.3 Å². The third-order valence-electron chi connectivity index (χ3n) is 8.21. The maximum atomic E-state index is 13.6. The van der Waals surface area contributed by atoms with Crippen LogP contribution in [0.15, 0.2) is 54.7 Å². The van der Waals surface area contributed by atoms with Gasteiger partial charge in [0.2, 0.25) is 0 Å². The molecule has 2 fully saturated rings. The normalized spacial score (nSPS) is 25.3. The molecule has 6 nitrogen and oxygen atoms in total. The summed E-state index contributed by atoms with van der Waals surface area (Å²) in [5.41, 5.74) is 2.62. The number of carboxylic acid groups (broad SMARTS) is 1. The van der Waals surface area contributed by atoms with Crippen molar-refractivity contribution in [1.82, 2.24) is 9.88 Å². The van der Waals surface area contributed by atoms with Crippen LogP contribution in [-0.4, -0.2) is 52.3 Å². The lowest BCUT2D eigenvalue weighted by Gasteiger charge is -2.47. The molecule has 1 aliphatic heterocycles. The van der Waals surface area contributed by atoms with E-state index < -0.39 is 18.0 Å². The van der Waals surface area contributed by atoms with Gasteiger partial charge in [0.15, 0.2) is 0 Å². The van der Waals surface area contributed by atoms with Crippen LogP contribution in [0, 0.1) is 17.7 Å². The summed E-state index contributed by atoms with van der Waals surface area (Å²) < 4.78 is 18.9. The van der Waals surface area contributed by atoms with Gasteiger partial charge in [-0.15, -0.1) is 0 Å². The predicted octanol–water partition coefficient (Wildman–Crippen LogP) is 5.17. The number of carboxylic acids is 1. The zero-order valence-electron chi connectivity index (χ0n) is 20.5. The number of aliphatic hydroxyl groups is 1. The highest BCUT2D eigenvalue weighted by molar-refractivity contribution is 5.83. The fourth-order valence-corrected chi connectivity index (χ4v) is 5.99. The minimum absolute atomic E-state index is 0.0233. The summed E-state index contributed by atoms with van der Waals surface area (Å²) in [5, 5.41) is 21.9. The summed E-state index contributed by atoms with van der Waals surface area (Å²) in [5.74, 6) is -0.347. The molecule has 3 atom stereocenters. The number of likely N-dealkylation sites (tertiary alicyclic amines) is 1. The van der Waals surface area contributed by atoms with Crippen LogP contribution in [0.3, 0.4) is 0 Å². The van der Waals surface area contributed by atoms with Crippen molar-refractivity contribution in [3.05, 3.63) is 71.7 Å². The van der Waals surface area contributed by atoms with E-state index in [4.69, 9.17) is 4.74 Å². The average molecular weight is 493 g/mol. The highest BCUT2D eigenvalue weighted by Gasteiger charge is 2.41. The predicted molar refractivity (Wildman–Crippen MR) is 135 cm³/mol. The van der Waals surface area contributed by atoms with Gasteiger partial charge < -0.3 is 14.9 Å². The molecule has 7 heteroatoms. The van der Waals surface area contributed by atoms with Gasteiger partial charge in [-0.3, -0.25) is 14.7 Å². The molecule has 3 aromatic rings. The average Bonchev–Trinajstić information content (AvgIpc) is 2.86. The highest BCUT2D eigenvalue weighted by atomic mass is 19.1. The van der Waals surface area contributed by atoms with Gasteiger partial charge in [-0.05, 0) is 98.0 Å². The minimum Gasteiger partial charge on any atom is -0.497 e. The maximum Gasteiger partial charge on any atom is 0.308 e. The van der Waals surface area contributed by atoms with Crippen LogP contribution in [-0.2, 0) is 4.79 Å². The van der Waals surface area contributed by atoms with E-state index >= 15 is 0 Å². The van der Waals surface area contributed by atoms with Crippen molar-refractivity contribution in [3.8, 4) is 5.75 Å². The third kappa shape index (κ3) is 5.08. The molecule has 0 radical (unpaired) electrons. The number of hydrogen-bond donors (Lipinski definition) is 2. The van der Waals surface area contributed by atoms with Crippen LogP contribution in [0.2, 0.25) is 0 Å². The Morgan fingerprint density at radius 3 is 2.81 bits per heavy atom. The largest absolute Gasteiger partial charge is 0.497 e. The van der Waals surface area contributed by atoms with Crippen molar-refractivity contribution >= 4 is 16.9 Å². The smallest absolute Gasteiger partial charge is 0.308 e. The highest BCUT2D eigenvalue weighted by Crippen LogP contribution is 2.42. The molecule has 190 valence electrons. The number of nitrogens with zero attached hydrogens (tertiary/aromatic N) is 2. The van der Waals surface area contributed by atoms with E-state index in [1.54, 1.807) is 25.4 Å². The Labute approximate surface area is 210 Å². The number of pyridine rings is 1. The van der Waals surface area contributed by atoms with Crippen LogP contribution < -0.4 is 4.74 Å². The molecule has 5 rings (SSSR count). The molecule has 0 unspecified atom stereocenters. The molecular formula is C29H33FN2O4. The van der Waals surface area contributed by atoms with Crippen LogP contribution in [0.5, 0.6) is 5.75 Å². The summed E-state index contributed by atoms with van der Waals surface area (Å²) >= 11 is 0. The Kier molecular flexibility index (Phi) is 7.21. The molecule has 1 saturated carbocycles. The minimum atomic E-state index is -0.765. The Balaban J connectivity index is 1.19. The number of aliphatic carboxylic acids is 1. The van der Waals surface area contributed by atoms with Gasteiger partial charge in [0.1, 0.15) is 11.6 Å². The van der Waals surface area contributed by atoms with E-state index in [0.29, 0.717) is 37.1 Å². The zero-order chi connectivity index (χ0) is 25.2. The number of rotatable bonds is 8. The van der Waals surface area contributed by atoms with Crippen LogP contribution >= 0.6 is 0 Å². The fraction of sp³-hybridized carbons (Fsp3) is 0.448. The molecule has 0 spiro atoms. The van der Waals surface area contributed by atoms with Gasteiger partial charge in [0.05, 0.1) is 24.6 Å². The van der Waals surface area contributed by atoms with Gasteiger partial charge >= 0.3 is 5.97 Å². The number of fused-ring (bicyclic) bond motifs is 1. The second kappa shape index (κ2) is 10.5. The summed E-state index contributed by atoms with van der Waals surface area (Å²) in [6.07, 6.45) is 4.83. The Bertz CT molecular complexity index is 1230. The van der Waals surface area contributed by atoms with E-state index in [2.05, 4.69) is 9.88 Å². The van der Waals surface area contributed by atoms with Crippen LogP contribution in [0.25, 0.3) is 10.9 Å². The number of methoxy groups -OCH3 is 1. The molecule has 2 heterocycles. The number of piperidine rings is 1. The van der Waals surface area contributed by atoms with Gasteiger partial charge in [0.25, 0.3) is 0 Å². The first-order chi connectivity index (χ1) is 17.4. The van der Waals surface area contributed by atoms with Crippen molar-refractivity contribution in [2.45, 2.75) is 50.2 Å². The van der Waals surface area contributed by atoms with Crippen LogP contribution in [0.1, 0.15) is 55.3 Å². The van der Waals surface area contributed by atoms with Crippen LogP contribution in [0.4, 0.5) is 4.39 Å². The lowest BCUT2D eigenvalue weighted by molar-refractivity contribution is -0.147. The van der Waals surface area contributed by atoms with E-state index in [9.17, 15) is 19.4 Å². The summed E-state index contributed by atoms with van der Waals surface area (Å²) in [7, 11) is 1.61. The molecule has 2 aromatic carbocycles. The standard InChI is InChI=1S/C29H33FN2O4/c1-36-23-6-7-27-25(16-23)24(9-11-31-27)28(33)8-5-18-10-12-32(17-26(18)29(34)35)22-14-20(15-22)19-3-2-4-21(30)13-19/h2-4,6-7,9,11,13,16,18,20,22,26,28,33H,5,8,10,12,14-15,17H2,1H3,(H,34,35)/t18-,20?,22?,26+,28+/m1/s1. The van der Waals surface area contributed by atoms with E-state index in [0.717, 1.165) is 47.8 Å². The first-order valence-corrected chi connectivity index (χ1v) is 12.8. The number of hydrogen-bond acceptors (Lipinski definition) is 5. The summed E-state index contributed by atoms with van der Waals surface area (Å²) in [4.78, 5) is 18.9. The van der Waals surface area contributed by atoms with Gasteiger partial charge in [-0.1, -0.05) is 12.1 Å². The van der Waals surface area contributed by atoms with Gasteiger partial charge in [-0.2, -0.15) is 0 Å². The monoisotopic (exact) mass is 492 g/mol. The van der Waals surface area contributed by atoms with E-state index in [-0.39, 0.29) is 11.7 Å². The van der Waals surface area contributed by atoms with Crippen molar-refractivity contribution in [1.29, 1.82) is 0 Å². The first kappa shape index (κ1) is 24.7. The summed E-state index contributed by atoms with van der Waals surface area (Å²) in [6.45, 7) is 1.40. The number of aliphatic hydroxyl groups excluding tert-OH is 1. The first-order valence-electron chi connectivity index (χ1n) is 12.8. The second-order valence-electron chi connectivity index (χ2n) is 10.2. The van der Waals surface area contributed by atoms with Crippen molar-refractivity contribution in [3.63, 3.8) is 0 Å². The van der Waals surface area contributed by atoms with Crippen molar-refractivity contribution in [2.75, 3.05) is 20.2 Å². The third-order valence-corrected chi connectivity index (χ3v) is 8.21. The summed E-state index contributed by atoms with van der Waals surface area (Å²) in [6, 6.07) is 14.6. The molecule has 36 heavy (non-hydrogen) atoms. The fourth-order valence-electron chi connectivity index (χ4n) is 5.99. The molecule has 1 aliphatic carbocycles. The number of carbonyl (C=O) groups is 1. The topological polar surface area (TPSA) is 82.9 Å². The molecule has 0 amide bonds. The lowest BCUT2D eigenvalue weighted by Crippen LogP contribution is -2.52. The lowest BCUT2D eigenvalue weighted by atomic mass is 9.73. The maximum absolute atomic E-state index is 13.6. The molecule has 1 aromatic heterocycles. The quantitative estimate of drug-likeness (QED) is 0.452. The number of halogens is 1.